The first kappa shape index (κ1) is 13.3. The summed E-state index contributed by atoms with van der Waals surface area (Å²) < 4.78 is 0. The molecule has 16 heavy (non-hydrogen) atoms. The van der Waals surface area contributed by atoms with Crippen molar-refractivity contribution < 1.29 is 0 Å². The molecule has 1 rings (SSSR count). The number of rotatable bonds is 7. The molecular weight excluding hydrogens is 198 g/mol. The lowest BCUT2D eigenvalue weighted by Crippen LogP contribution is -2.27. The van der Waals surface area contributed by atoms with Crippen LogP contribution < -0.4 is 16.8 Å². The zero-order chi connectivity index (χ0) is 11.8. The summed E-state index contributed by atoms with van der Waals surface area (Å²) >= 11 is 0. The van der Waals surface area contributed by atoms with Crippen LogP contribution in [0.3, 0.4) is 0 Å². The molecule has 0 aromatic heterocycles. The van der Waals surface area contributed by atoms with E-state index in [1.807, 2.05) is 6.08 Å². The first-order valence-electron chi connectivity index (χ1n) is 6.27. The minimum absolute atomic E-state index is 0.290. The van der Waals surface area contributed by atoms with Crippen LogP contribution in [0.4, 0.5) is 0 Å². The first-order valence-corrected chi connectivity index (χ1v) is 6.27. The van der Waals surface area contributed by atoms with Gasteiger partial charge in [-0.1, -0.05) is 11.6 Å². The minimum Gasteiger partial charge on any atom is -0.402 e. The highest BCUT2D eigenvalue weighted by Gasteiger charge is 2.15. The lowest BCUT2D eigenvalue weighted by Gasteiger charge is -2.22. The fraction of sp³-hybridized carbons (Fsp3) is 0.692. The third kappa shape index (κ3) is 4.81. The predicted molar refractivity (Wildman–Crippen MR) is 70.0 cm³/mol. The molecule has 1 aliphatic rings. The molecule has 0 saturated heterocycles. The summed E-state index contributed by atoms with van der Waals surface area (Å²) in [6.07, 6.45) is 8.56. The Labute approximate surface area is 99.0 Å². The molecular formula is C13H25N3. The van der Waals surface area contributed by atoms with Gasteiger partial charge in [0.05, 0.1) is 0 Å². The SMILES string of the molecule is C=CCNCCCCC1=C(N)CC(N)CC1. The van der Waals surface area contributed by atoms with Gasteiger partial charge in [-0.05, 0) is 38.6 Å². The van der Waals surface area contributed by atoms with Crippen LogP contribution >= 0.6 is 0 Å². The Hall–Kier alpha value is -0.800. The maximum absolute atomic E-state index is 6.00. The first-order chi connectivity index (χ1) is 7.74. The van der Waals surface area contributed by atoms with Gasteiger partial charge in [0.2, 0.25) is 0 Å². The van der Waals surface area contributed by atoms with Crippen molar-refractivity contribution >= 4 is 0 Å². The highest BCUT2D eigenvalue weighted by molar-refractivity contribution is 5.16. The third-order valence-corrected chi connectivity index (χ3v) is 3.12. The van der Waals surface area contributed by atoms with E-state index in [1.165, 1.54) is 18.4 Å². The van der Waals surface area contributed by atoms with Gasteiger partial charge >= 0.3 is 0 Å². The predicted octanol–water partition coefficient (Wildman–Crippen LogP) is 1.66. The quantitative estimate of drug-likeness (QED) is 0.454. The van der Waals surface area contributed by atoms with E-state index in [2.05, 4.69) is 11.9 Å². The standard InChI is InChI=1S/C13H25N3/c1-2-8-16-9-4-3-5-11-6-7-12(14)10-13(11)15/h2,12,16H,1,3-10,14-15H2. The average molecular weight is 223 g/mol. The molecule has 1 aliphatic carbocycles. The summed E-state index contributed by atoms with van der Waals surface area (Å²) in [5, 5.41) is 3.31. The monoisotopic (exact) mass is 223 g/mol. The number of nitrogens with two attached hydrogens (primary N) is 2. The minimum atomic E-state index is 0.290. The Kier molecular flexibility index (Phi) is 6.19. The molecule has 0 heterocycles. The van der Waals surface area contributed by atoms with Crippen LogP contribution in [-0.4, -0.2) is 19.1 Å². The van der Waals surface area contributed by atoms with Crippen molar-refractivity contribution in [1.29, 1.82) is 0 Å². The summed E-state index contributed by atoms with van der Waals surface area (Å²) in [6, 6.07) is 0.290. The van der Waals surface area contributed by atoms with E-state index in [9.17, 15) is 0 Å². The van der Waals surface area contributed by atoms with E-state index in [0.29, 0.717) is 0 Å². The second kappa shape index (κ2) is 7.47. The molecule has 1 atom stereocenters. The summed E-state index contributed by atoms with van der Waals surface area (Å²) in [7, 11) is 0. The number of unbranched alkanes of at least 4 members (excludes halogenated alkanes) is 1. The van der Waals surface area contributed by atoms with Crippen LogP contribution in [0.5, 0.6) is 0 Å². The molecule has 0 aliphatic heterocycles. The Bertz CT molecular complexity index is 246. The van der Waals surface area contributed by atoms with Crippen molar-refractivity contribution in [2.45, 2.75) is 44.6 Å². The summed E-state index contributed by atoms with van der Waals surface area (Å²) in [4.78, 5) is 0. The fourth-order valence-corrected chi connectivity index (χ4v) is 2.13. The molecule has 0 fully saturated rings. The molecule has 0 saturated carbocycles. The van der Waals surface area contributed by atoms with Gasteiger partial charge in [-0.3, -0.25) is 0 Å². The second-order valence-corrected chi connectivity index (χ2v) is 4.58. The Balaban J connectivity index is 2.12. The maximum atomic E-state index is 6.00. The van der Waals surface area contributed by atoms with E-state index >= 15 is 0 Å². The molecule has 0 amide bonds. The highest BCUT2D eigenvalue weighted by atomic mass is 14.8. The van der Waals surface area contributed by atoms with Gasteiger partial charge in [0.15, 0.2) is 0 Å². The lowest BCUT2D eigenvalue weighted by atomic mass is 9.90. The molecule has 0 bridgehead atoms. The summed E-state index contributed by atoms with van der Waals surface area (Å²) in [6.45, 7) is 5.64. The van der Waals surface area contributed by atoms with Gasteiger partial charge in [-0.15, -0.1) is 6.58 Å². The second-order valence-electron chi connectivity index (χ2n) is 4.58. The largest absolute Gasteiger partial charge is 0.402 e. The van der Waals surface area contributed by atoms with E-state index in [1.54, 1.807) is 0 Å². The fourth-order valence-electron chi connectivity index (χ4n) is 2.13. The molecule has 5 N–H and O–H groups in total. The number of allylic oxidation sites excluding steroid dienone is 1. The van der Waals surface area contributed by atoms with E-state index in [4.69, 9.17) is 11.5 Å². The normalized spacial score (nSPS) is 21.2. The zero-order valence-electron chi connectivity index (χ0n) is 10.2. The maximum Gasteiger partial charge on any atom is 0.0132 e. The molecule has 3 heteroatoms. The Morgan fingerprint density at radius 3 is 2.94 bits per heavy atom. The molecule has 92 valence electrons. The van der Waals surface area contributed by atoms with Crippen LogP contribution in [0.25, 0.3) is 0 Å². The van der Waals surface area contributed by atoms with Gasteiger partial charge < -0.3 is 16.8 Å². The molecule has 0 spiro atoms. The van der Waals surface area contributed by atoms with Crippen LogP contribution in [0.2, 0.25) is 0 Å². The highest BCUT2D eigenvalue weighted by Crippen LogP contribution is 2.24. The van der Waals surface area contributed by atoms with Crippen LogP contribution in [-0.2, 0) is 0 Å². The van der Waals surface area contributed by atoms with Crippen molar-refractivity contribution in [2.75, 3.05) is 13.1 Å². The van der Waals surface area contributed by atoms with Gasteiger partial charge in [0.25, 0.3) is 0 Å². The smallest absolute Gasteiger partial charge is 0.0132 e. The van der Waals surface area contributed by atoms with Crippen molar-refractivity contribution in [3.63, 3.8) is 0 Å². The van der Waals surface area contributed by atoms with Crippen LogP contribution in [0, 0.1) is 0 Å². The molecule has 0 aromatic rings. The molecule has 0 aromatic carbocycles. The van der Waals surface area contributed by atoms with Crippen LogP contribution in [0.15, 0.2) is 23.9 Å². The van der Waals surface area contributed by atoms with Crippen molar-refractivity contribution in [1.82, 2.24) is 5.32 Å². The summed E-state index contributed by atoms with van der Waals surface area (Å²) in [5.74, 6) is 0. The number of hydrogen-bond acceptors (Lipinski definition) is 3. The average Bonchev–Trinajstić information content (AvgIpc) is 2.26. The molecule has 3 nitrogen and oxygen atoms in total. The van der Waals surface area contributed by atoms with Gasteiger partial charge in [-0.2, -0.15) is 0 Å². The van der Waals surface area contributed by atoms with E-state index in [-0.39, 0.29) is 6.04 Å². The van der Waals surface area contributed by atoms with Crippen LogP contribution in [0.1, 0.15) is 38.5 Å². The van der Waals surface area contributed by atoms with E-state index in [0.717, 1.165) is 44.5 Å². The Morgan fingerprint density at radius 1 is 1.44 bits per heavy atom. The number of hydrogen-bond donors (Lipinski definition) is 3. The molecule has 0 radical (unpaired) electrons. The Morgan fingerprint density at radius 2 is 2.25 bits per heavy atom. The third-order valence-electron chi connectivity index (χ3n) is 3.12. The van der Waals surface area contributed by atoms with E-state index < -0.39 is 0 Å². The topological polar surface area (TPSA) is 64.1 Å². The van der Waals surface area contributed by atoms with Crippen molar-refractivity contribution in [2.24, 2.45) is 11.5 Å². The number of nitrogens with one attached hydrogen (secondary N) is 1. The van der Waals surface area contributed by atoms with Gasteiger partial charge in [0.1, 0.15) is 0 Å². The van der Waals surface area contributed by atoms with Gasteiger partial charge in [0, 0.05) is 24.7 Å². The van der Waals surface area contributed by atoms with Crippen molar-refractivity contribution in [3.8, 4) is 0 Å². The van der Waals surface area contributed by atoms with Crippen molar-refractivity contribution in [3.05, 3.63) is 23.9 Å². The summed E-state index contributed by atoms with van der Waals surface area (Å²) in [5.41, 5.74) is 14.4. The lowest BCUT2D eigenvalue weighted by molar-refractivity contribution is 0.542. The molecule has 1 unspecified atom stereocenters. The zero-order valence-corrected chi connectivity index (χ0v) is 10.2. The van der Waals surface area contributed by atoms with Gasteiger partial charge in [-0.25, -0.2) is 0 Å².